The van der Waals surface area contributed by atoms with Gasteiger partial charge < -0.3 is 4.74 Å². The monoisotopic (exact) mass is 301 g/mol. The van der Waals surface area contributed by atoms with Crippen molar-refractivity contribution in [3.63, 3.8) is 0 Å². The Bertz CT molecular complexity index is 493. The molecule has 0 spiro atoms. The molecule has 19 heavy (non-hydrogen) atoms. The molecule has 0 aliphatic carbocycles. The predicted molar refractivity (Wildman–Crippen MR) is 77.8 cm³/mol. The lowest BCUT2D eigenvalue weighted by Gasteiger charge is -2.22. The lowest BCUT2D eigenvalue weighted by atomic mass is 10.1. The third-order valence-corrected chi connectivity index (χ3v) is 5.25. The summed E-state index contributed by atoms with van der Waals surface area (Å²) in [5.74, 6) is 0.897. The first-order valence-electron chi connectivity index (χ1n) is 6.30. The van der Waals surface area contributed by atoms with E-state index < -0.39 is 10.0 Å². The van der Waals surface area contributed by atoms with Gasteiger partial charge in [-0.25, -0.2) is 13.1 Å². The average molecular weight is 301 g/mol. The van der Waals surface area contributed by atoms with Crippen LogP contribution in [-0.2, 0) is 20.5 Å². The first-order valence-corrected chi connectivity index (χ1v) is 9.17. The van der Waals surface area contributed by atoms with Crippen molar-refractivity contribution in [2.24, 2.45) is 0 Å². The van der Waals surface area contributed by atoms with Crippen molar-refractivity contribution >= 4 is 21.8 Å². The van der Waals surface area contributed by atoms with E-state index in [9.17, 15) is 8.42 Å². The number of ether oxygens (including phenoxy) is 1. The van der Waals surface area contributed by atoms with E-state index in [1.807, 2.05) is 18.4 Å². The van der Waals surface area contributed by atoms with Gasteiger partial charge in [0.05, 0.1) is 4.90 Å². The van der Waals surface area contributed by atoms with Crippen LogP contribution in [0.1, 0.15) is 18.4 Å². The molecule has 0 saturated carbocycles. The maximum absolute atomic E-state index is 12.2. The molecule has 0 bridgehead atoms. The van der Waals surface area contributed by atoms with Crippen LogP contribution < -0.4 is 4.72 Å². The zero-order valence-electron chi connectivity index (χ0n) is 11.0. The molecule has 1 heterocycles. The Labute approximate surface area is 119 Å². The van der Waals surface area contributed by atoms with Crippen LogP contribution in [0.15, 0.2) is 29.2 Å². The van der Waals surface area contributed by atoms with Crippen LogP contribution in [0.5, 0.6) is 0 Å². The molecule has 0 amide bonds. The van der Waals surface area contributed by atoms with Crippen molar-refractivity contribution in [1.82, 2.24) is 4.72 Å². The van der Waals surface area contributed by atoms with Gasteiger partial charge in [-0.15, -0.1) is 0 Å². The van der Waals surface area contributed by atoms with Crippen LogP contribution >= 0.6 is 11.8 Å². The molecular formula is C13H19NO3S2. The first-order chi connectivity index (χ1) is 9.12. The summed E-state index contributed by atoms with van der Waals surface area (Å²) in [6.07, 6.45) is 3.50. The molecule has 6 heteroatoms. The normalized spacial score (nSPS) is 17.5. The summed E-state index contributed by atoms with van der Waals surface area (Å²) in [4.78, 5) is 0.337. The van der Waals surface area contributed by atoms with Crippen LogP contribution in [0, 0.1) is 0 Å². The summed E-state index contributed by atoms with van der Waals surface area (Å²) in [7, 11) is -3.40. The van der Waals surface area contributed by atoms with E-state index >= 15 is 0 Å². The van der Waals surface area contributed by atoms with Crippen molar-refractivity contribution in [2.75, 3.05) is 19.5 Å². The molecule has 1 aromatic rings. The van der Waals surface area contributed by atoms with E-state index in [0.717, 1.165) is 24.2 Å². The van der Waals surface area contributed by atoms with Crippen molar-refractivity contribution < 1.29 is 13.2 Å². The van der Waals surface area contributed by atoms with Gasteiger partial charge in [0.2, 0.25) is 10.0 Å². The number of hydrogen-bond donors (Lipinski definition) is 1. The van der Waals surface area contributed by atoms with E-state index in [1.165, 1.54) is 0 Å². The Hall–Kier alpha value is -0.560. The number of nitrogens with one attached hydrogen (secondary N) is 1. The average Bonchev–Trinajstić information content (AvgIpc) is 2.40. The second kappa shape index (κ2) is 6.74. The summed E-state index contributed by atoms with van der Waals surface area (Å²) >= 11 is 1.72. The molecule has 1 fully saturated rings. The minimum Gasteiger partial charge on any atom is -0.381 e. The molecule has 0 unspecified atom stereocenters. The molecule has 4 nitrogen and oxygen atoms in total. The number of rotatable bonds is 5. The third kappa shape index (κ3) is 4.21. The Balaban J connectivity index is 2.05. The van der Waals surface area contributed by atoms with Crippen molar-refractivity contribution in [2.45, 2.75) is 29.5 Å². The van der Waals surface area contributed by atoms with Crippen LogP contribution in [-0.4, -0.2) is 33.9 Å². The summed E-state index contributed by atoms with van der Waals surface area (Å²) in [5.41, 5.74) is 1.14. The summed E-state index contributed by atoms with van der Waals surface area (Å²) in [6.45, 7) is 1.25. The van der Waals surface area contributed by atoms with Gasteiger partial charge in [-0.2, -0.15) is 11.8 Å². The Kier molecular flexibility index (Phi) is 5.27. The Morgan fingerprint density at radius 2 is 1.89 bits per heavy atom. The highest BCUT2D eigenvalue weighted by Gasteiger charge is 2.21. The standard InChI is InChI=1S/C13H19NO3S2/c1-18-10-11-2-4-13(5-3-11)19(15,16)14-12-6-8-17-9-7-12/h2-5,12,14H,6-10H2,1H3. The number of sulfonamides is 1. The summed E-state index contributed by atoms with van der Waals surface area (Å²) < 4.78 is 32.4. The molecule has 106 valence electrons. The molecule has 1 aliphatic heterocycles. The summed E-state index contributed by atoms with van der Waals surface area (Å²) in [6, 6.07) is 7.08. The molecule has 0 radical (unpaired) electrons. The van der Waals surface area contributed by atoms with Crippen LogP contribution in [0.2, 0.25) is 0 Å². The van der Waals surface area contributed by atoms with Gasteiger partial charge in [0, 0.05) is 25.0 Å². The summed E-state index contributed by atoms with van der Waals surface area (Å²) in [5, 5.41) is 0. The maximum atomic E-state index is 12.2. The van der Waals surface area contributed by atoms with Gasteiger partial charge in [0.15, 0.2) is 0 Å². The van der Waals surface area contributed by atoms with Crippen LogP contribution in [0.4, 0.5) is 0 Å². The van der Waals surface area contributed by atoms with E-state index in [-0.39, 0.29) is 6.04 Å². The fraction of sp³-hybridized carbons (Fsp3) is 0.538. The lowest BCUT2D eigenvalue weighted by molar-refractivity contribution is 0.0832. The molecule has 1 aromatic carbocycles. The van der Waals surface area contributed by atoms with E-state index in [4.69, 9.17) is 4.74 Å². The van der Waals surface area contributed by atoms with Gasteiger partial charge in [-0.3, -0.25) is 0 Å². The maximum Gasteiger partial charge on any atom is 0.240 e. The van der Waals surface area contributed by atoms with Crippen molar-refractivity contribution in [3.8, 4) is 0 Å². The Morgan fingerprint density at radius 1 is 1.26 bits per heavy atom. The zero-order valence-corrected chi connectivity index (χ0v) is 12.6. The van der Waals surface area contributed by atoms with E-state index in [0.29, 0.717) is 18.1 Å². The largest absolute Gasteiger partial charge is 0.381 e. The molecule has 0 atom stereocenters. The number of hydrogen-bond acceptors (Lipinski definition) is 4. The smallest absolute Gasteiger partial charge is 0.240 e. The first kappa shape index (κ1) is 14.8. The molecule has 0 aromatic heterocycles. The molecule has 1 aliphatic rings. The molecule has 1 N–H and O–H groups in total. The highest BCUT2D eigenvalue weighted by Crippen LogP contribution is 2.16. The van der Waals surface area contributed by atoms with E-state index in [2.05, 4.69) is 4.72 Å². The van der Waals surface area contributed by atoms with Gasteiger partial charge in [0.25, 0.3) is 0 Å². The fourth-order valence-corrected chi connectivity index (χ4v) is 3.87. The van der Waals surface area contributed by atoms with Gasteiger partial charge in [0.1, 0.15) is 0 Å². The zero-order chi connectivity index (χ0) is 13.7. The molecule has 2 rings (SSSR count). The second-order valence-corrected chi connectivity index (χ2v) is 7.16. The van der Waals surface area contributed by atoms with Gasteiger partial charge >= 0.3 is 0 Å². The number of benzene rings is 1. The third-order valence-electron chi connectivity index (χ3n) is 3.09. The molecule has 1 saturated heterocycles. The highest BCUT2D eigenvalue weighted by molar-refractivity contribution is 7.97. The quantitative estimate of drug-likeness (QED) is 0.904. The van der Waals surface area contributed by atoms with Crippen molar-refractivity contribution in [3.05, 3.63) is 29.8 Å². The topological polar surface area (TPSA) is 55.4 Å². The van der Waals surface area contributed by atoms with Gasteiger partial charge in [-0.05, 0) is 36.8 Å². The second-order valence-electron chi connectivity index (χ2n) is 4.58. The Morgan fingerprint density at radius 3 is 2.47 bits per heavy atom. The predicted octanol–water partition coefficient (Wildman–Crippen LogP) is 2.01. The van der Waals surface area contributed by atoms with E-state index in [1.54, 1.807) is 23.9 Å². The van der Waals surface area contributed by atoms with Gasteiger partial charge in [-0.1, -0.05) is 12.1 Å². The minimum atomic E-state index is -3.40. The number of thioether (sulfide) groups is 1. The van der Waals surface area contributed by atoms with Crippen LogP contribution in [0.3, 0.4) is 0 Å². The highest BCUT2D eigenvalue weighted by atomic mass is 32.2. The van der Waals surface area contributed by atoms with Crippen LogP contribution in [0.25, 0.3) is 0 Å². The van der Waals surface area contributed by atoms with Crippen molar-refractivity contribution in [1.29, 1.82) is 0 Å². The fourth-order valence-electron chi connectivity index (χ4n) is 2.03. The molecular weight excluding hydrogens is 282 g/mol. The lowest BCUT2D eigenvalue weighted by Crippen LogP contribution is -2.38. The minimum absolute atomic E-state index is 0.00961. The SMILES string of the molecule is CSCc1ccc(S(=O)(=O)NC2CCOCC2)cc1.